The Kier molecular flexibility index (Phi) is 4.86. The summed E-state index contributed by atoms with van der Waals surface area (Å²) in [6.45, 7) is 3.72. The van der Waals surface area contributed by atoms with E-state index in [1.54, 1.807) is 31.2 Å². The largest absolute Gasteiger partial charge is 0.508 e. The maximum absolute atomic E-state index is 13.5. The number of rotatable bonds is 4. The average Bonchev–Trinajstić information content (AvgIpc) is 3.23. The first-order chi connectivity index (χ1) is 14.3. The number of esters is 1. The number of methoxy groups -OCH3 is 1. The number of hydrogen-bond acceptors (Lipinski definition) is 6. The van der Waals surface area contributed by atoms with E-state index in [1.807, 2.05) is 19.1 Å². The van der Waals surface area contributed by atoms with Crippen LogP contribution in [0.4, 0.5) is 5.69 Å². The Bertz CT molecular complexity index is 1000. The second kappa shape index (κ2) is 7.25. The van der Waals surface area contributed by atoms with Crippen LogP contribution >= 0.6 is 0 Å². The number of carbonyl (C=O) groups excluding carboxylic acids is 3. The number of phenolic OH excluding ortho intramolecular Hbond substituents is 1. The van der Waals surface area contributed by atoms with Crippen LogP contribution in [0.15, 0.2) is 48.5 Å². The molecule has 4 rings (SSSR count). The number of phenols is 1. The molecule has 2 aromatic rings. The number of hydrogen-bond donors (Lipinski definition) is 2. The number of benzene rings is 2. The van der Waals surface area contributed by atoms with Crippen LogP contribution in [0.3, 0.4) is 0 Å². The lowest BCUT2D eigenvalue weighted by atomic mass is 9.78. The molecule has 0 spiro atoms. The summed E-state index contributed by atoms with van der Waals surface area (Å²) in [5.41, 5.74) is 0.908. The lowest BCUT2D eigenvalue weighted by molar-refractivity contribution is -0.152. The normalized spacial score (nSPS) is 28.0. The molecule has 0 bridgehead atoms. The van der Waals surface area contributed by atoms with Crippen LogP contribution in [-0.2, 0) is 19.1 Å². The molecule has 2 amide bonds. The minimum atomic E-state index is -1.31. The van der Waals surface area contributed by atoms with Crippen LogP contribution in [-0.4, -0.2) is 35.5 Å². The molecule has 7 nitrogen and oxygen atoms in total. The molecule has 0 aliphatic carbocycles. The third-order valence-electron chi connectivity index (χ3n) is 6.31. The van der Waals surface area contributed by atoms with Gasteiger partial charge in [0, 0.05) is 6.04 Å². The van der Waals surface area contributed by atoms with Crippen LogP contribution in [0.2, 0.25) is 0 Å². The number of carbonyl (C=O) groups is 3. The number of nitrogens with one attached hydrogen (secondary N) is 1. The third kappa shape index (κ3) is 2.81. The number of imide groups is 1. The molecule has 2 saturated heterocycles. The molecule has 0 saturated carbocycles. The van der Waals surface area contributed by atoms with Crippen molar-refractivity contribution in [1.82, 2.24) is 5.32 Å². The summed E-state index contributed by atoms with van der Waals surface area (Å²) in [7, 11) is 1.28. The van der Waals surface area contributed by atoms with E-state index in [0.29, 0.717) is 11.3 Å². The lowest BCUT2D eigenvalue weighted by Crippen LogP contribution is -2.55. The average molecular weight is 408 g/mol. The van der Waals surface area contributed by atoms with Gasteiger partial charge in [-0.05, 0) is 43.2 Å². The first-order valence-electron chi connectivity index (χ1n) is 9.93. The van der Waals surface area contributed by atoms with E-state index in [2.05, 4.69) is 5.32 Å². The molecule has 2 N–H and O–H groups in total. The Morgan fingerprint density at radius 2 is 1.73 bits per heavy atom. The summed E-state index contributed by atoms with van der Waals surface area (Å²) < 4.78 is 5.06. The zero-order chi connectivity index (χ0) is 21.6. The van der Waals surface area contributed by atoms with E-state index >= 15 is 0 Å². The van der Waals surface area contributed by atoms with Crippen molar-refractivity contribution in [2.45, 2.75) is 31.8 Å². The molecular formula is C23H24N2O5. The predicted octanol–water partition coefficient (Wildman–Crippen LogP) is 2.47. The quantitative estimate of drug-likeness (QED) is 0.596. The van der Waals surface area contributed by atoms with E-state index in [0.717, 1.165) is 5.56 Å². The SMILES string of the molecule is CC[C@]1(C(=O)OC)N[C@H](c2ccc(O)cc2)[C@@H]2C(=O)N(c3ccc(C)cc3)C(=O)[C@H]21. The standard InChI is InChI=1S/C23H24N2O5/c1-4-23(22(29)30-3)18-17(19(24-23)14-7-11-16(26)12-8-14)20(27)25(21(18)28)15-9-5-13(2)6-10-15/h5-12,17-19,24,26H,4H2,1-3H3/t17-,18+,19-,23+/m1/s1. The van der Waals surface area contributed by atoms with Gasteiger partial charge in [-0.3, -0.25) is 19.7 Å². The highest BCUT2D eigenvalue weighted by Crippen LogP contribution is 2.51. The first-order valence-corrected chi connectivity index (χ1v) is 9.93. The molecule has 2 aliphatic heterocycles. The fourth-order valence-corrected chi connectivity index (χ4v) is 4.76. The van der Waals surface area contributed by atoms with Crippen molar-refractivity contribution in [3.05, 3.63) is 59.7 Å². The lowest BCUT2D eigenvalue weighted by Gasteiger charge is -2.31. The van der Waals surface area contributed by atoms with Gasteiger partial charge in [0.15, 0.2) is 0 Å². The maximum Gasteiger partial charge on any atom is 0.326 e. The van der Waals surface area contributed by atoms with Crippen molar-refractivity contribution in [3.8, 4) is 5.75 Å². The third-order valence-corrected chi connectivity index (χ3v) is 6.31. The number of aromatic hydroxyl groups is 1. The summed E-state index contributed by atoms with van der Waals surface area (Å²) in [6, 6.07) is 13.0. The summed E-state index contributed by atoms with van der Waals surface area (Å²) >= 11 is 0. The van der Waals surface area contributed by atoms with E-state index < -0.39 is 35.3 Å². The van der Waals surface area contributed by atoms with Crippen molar-refractivity contribution in [1.29, 1.82) is 0 Å². The molecule has 2 heterocycles. The Morgan fingerprint density at radius 3 is 2.30 bits per heavy atom. The summed E-state index contributed by atoms with van der Waals surface area (Å²) in [6.07, 6.45) is 0.288. The van der Waals surface area contributed by atoms with Gasteiger partial charge >= 0.3 is 5.97 Å². The number of nitrogens with zero attached hydrogens (tertiary/aromatic N) is 1. The van der Waals surface area contributed by atoms with Crippen LogP contribution in [0, 0.1) is 18.8 Å². The molecule has 0 radical (unpaired) electrons. The second-order valence-corrected chi connectivity index (χ2v) is 7.88. The zero-order valence-corrected chi connectivity index (χ0v) is 17.1. The second-order valence-electron chi connectivity index (χ2n) is 7.88. The predicted molar refractivity (Wildman–Crippen MR) is 110 cm³/mol. The number of ether oxygens (including phenoxy) is 1. The molecule has 156 valence electrons. The van der Waals surface area contributed by atoms with Gasteiger partial charge in [-0.2, -0.15) is 0 Å². The Balaban J connectivity index is 1.84. The molecule has 7 heteroatoms. The minimum Gasteiger partial charge on any atom is -0.508 e. The number of fused-ring (bicyclic) bond motifs is 1. The van der Waals surface area contributed by atoms with Crippen LogP contribution in [0.1, 0.15) is 30.5 Å². The van der Waals surface area contributed by atoms with Gasteiger partial charge in [-0.1, -0.05) is 36.8 Å². The van der Waals surface area contributed by atoms with Crippen molar-refractivity contribution >= 4 is 23.5 Å². The minimum absolute atomic E-state index is 0.0955. The van der Waals surface area contributed by atoms with Gasteiger partial charge in [-0.25, -0.2) is 4.90 Å². The molecule has 0 unspecified atom stereocenters. The smallest absolute Gasteiger partial charge is 0.326 e. The van der Waals surface area contributed by atoms with Gasteiger partial charge in [-0.15, -0.1) is 0 Å². The number of anilines is 1. The van der Waals surface area contributed by atoms with Crippen molar-refractivity contribution in [3.63, 3.8) is 0 Å². The molecule has 2 aliphatic rings. The van der Waals surface area contributed by atoms with Crippen molar-refractivity contribution < 1.29 is 24.2 Å². The molecule has 2 fully saturated rings. The van der Waals surface area contributed by atoms with Crippen LogP contribution in [0.5, 0.6) is 5.75 Å². The van der Waals surface area contributed by atoms with E-state index in [9.17, 15) is 19.5 Å². The van der Waals surface area contributed by atoms with E-state index in [-0.39, 0.29) is 18.1 Å². The van der Waals surface area contributed by atoms with Crippen LogP contribution in [0.25, 0.3) is 0 Å². The Labute approximate surface area is 174 Å². The highest BCUT2D eigenvalue weighted by Gasteiger charge is 2.68. The Morgan fingerprint density at radius 1 is 1.10 bits per heavy atom. The zero-order valence-electron chi connectivity index (χ0n) is 17.1. The first kappa shape index (κ1) is 20.1. The Hall–Kier alpha value is -3.19. The summed E-state index contributed by atoms with van der Waals surface area (Å²) in [5, 5.41) is 12.9. The fourth-order valence-electron chi connectivity index (χ4n) is 4.76. The van der Waals surface area contributed by atoms with E-state index in [1.165, 1.54) is 24.1 Å². The van der Waals surface area contributed by atoms with Gasteiger partial charge in [0.05, 0.1) is 24.6 Å². The van der Waals surface area contributed by atoms with E-state index in [4.69, 9.17) is 4.74 Å². The highest BCUT2D eigenvalue weighted by molar-refractivity contribution is 6.24. The van der Waals surface area contributed by atoms with Gasteiger partial charge in [0.25, 0.3) is 0 Å². The van der Waals surface area contributed by atoms with Gasteiger partial charge < -0.3 is 9.84 Å². The highest BCUT2D eigenvalue weighted by atomic mass is 16.5. The van der Waals surface area contributed by atoms with Crippen molar-refractivity contribution in [2.24, 2.45) is 11.8 Å². The van der Waals surface area contributed by atoms with Crippen molar-refractivity contribution in [2.75, 3.05) is 12.0 Å². The fraction of sp³-hybridized carbons (Fsp3) is 0.348. The molecule has 30 heavy (non-hydrogen) atoms. The molecule has 4 atom stereocenters. The number of amides is 2. The summed E-state index contributed by atoms with van der Waals surface area (Å²) in [4.78, 5) is 41.1. The number of aryl methyl sites for hydroxylation is 1. The molecule has 2 aromatic carbocycles. The topological polar surface area (TPSA) is 95.9 Å². The van der Waals surface area contributed by atoms with Gasteiger partial charge in [0.2, 0.25) is 11.8 Å². The monoisotopic (exact) mass is 408 g/mol. The summed E-state index contributed by atoms with van der Waals surface area (Å²) in [5.74, 6) is -2.87. The van der Waals surface area contributed by atoms with Crippen LogP contribution < -0.4 is 10.2 Å². The van der Waals surface area contributed by atoms with Gasteiger partial charge in [0.1, 0.15) is 11.3 Å². The molecular weight excluding hydrogens is 384 g/mol. The maximum atomic E-state index is 13.5. The molecule has 0 aromatic heterocycles.